The minimum Gasteiger partial charge on any atom is -0.478 e. The molecule has 0 saturated carbocycles. The number of aryl methyl sites for hydroxylation is 2. The summed E-state index contributed by atoms with van der Waals surface area (Å²) in [4.78, 5) is 19.3. The van der Waals surface area contributed by atoms with E-state index in [-0.39, 0.29) is 5.56 Å². The first-order valence-electron chi connectivity index (χ1n) is 6.31. The Bertz CT molecular complexity index is 750. The van der Waals surface area contributed by atoms with Gasteiger partial charge in [-0.3, -0.25) is 4.98 Å². The van der Waals surface area contributed by atoms with Gasteiger partial charge in [0, 0.05) is 18.9 Å². The standard InChI is InChI=1S/C15H13N3O2/c19-15(20)12-1-2-13-14(9-12)18(10-17-13)8-5-11-3-6-16-7-4-11/h1-4,6-7,9-10H,5,8H2,(H,19,20). The lowest BCUT2D eigenvalue weighted by Crippen LogP contribution is -2.01. The number of hydrogen-bond donors (Lipinski definition) is 1. The van der Waals surface area contributed by atoms with Crippen molar-refractivity contribution in [2.24, 2.45) is 0 Å². The van der Waals surface area contributed by atoms with Crippen LogP contribution in [-0.2, 0) is 13.0 Å². The summed E-state index contributed by atoms with van der Waals surface area (Å²) < 4.78 is 1.97. The van der Waals surface area contributed by atoms with Crippen molar-refractivity contribution in [2.45, 2.75) is 13.0 Å². The molecule has 3 aromatic rings. The van der Waals surface area contributed by atoms with Gasteiger partial charge in [-0.2, -0.15) is 0 Å². The molecule has 0 aliphatic rings. The van der Waals surface area contributed by atoms with E-state index in [2.05, 4.69) is 9.97 Å². The van der Waals surface area contributed by atoms with Gasteiger partial charge in [-0.1, -0.05) is 0 Å². The molecule has 0 atom stereocenters. The highest BCUT2D eigenvalue weighted by atomic mass is 16.4. The van der Waals surface area contributed by atoms with Crippen molar-refractivity contribution in [1.82, 2.24) is 14.5 Å². The third-order valence-electron chi connectivity index (χ3n) is 3.26. The molecule has 0 bridgehead atoms. The Morgan fingerprint density at radius 2 is 2.00 bits per heavy atom. The number of imidazole rings is 1. The van der Waals surface area contributed by atoms with Gasteiger partial charge in [0.15, 0.2) is 0 Å². The second kappa shape index (κ2) is 5.13. The first-order chi connectivity index (χ1) is 9.74. The molecule has 1 N–H and O–H groups in total. The number of pyridine rings is 1. The summed E-state index contributed by atoms with van der Waals surface area (Å²) in [6.45, 7) is 0.754. The Labute approximate surface area is 115 Å². The van der Waals surface area contributed by atoms with E-state index >= 15 is 0 Å². The Morgan fingerprint density at radius 1 is 1.20 bits per heavy atom. The van der Waals surface area contributed by atoms with Crippen molar-refractivity contribution in [2.75, 3.05) is 0 Å². The van der Waals surface area contributed by atoms with E-state index in [1.165, 1.54) is 5.56 Å². The van der Waals surface area contributed by atoms with E-state index in [1.807, 2.05) is 16.7 Å². The van der Waals surface area contributed by atoms with Crippen LogP contribution in [0, 0.1) is 0 Å². The van der Waals surface area contributed by atoms with E-state index in [1.54, 1.807) is 36.9 Å². The van der Waals surface area contributed by atoms with Crippen LogP contribution >= 0.6 is 0 Å². The van der Waals surface area contributed by atoms with Crippen LogP contribution in [0.25, 0.3) is 11.0 Å². The number of hydrogen-bond acceptors (Lipinski definition) is 3. The molecule has 2 heterocycles. The van der Waals surface area contributed by atoms with E-state index < -0.39 is 5.97 Å². The predicted octanol–water partition coefficient (Wildman–Crippen LogP) is 2.37. The van der Waals surface area contributed by atoms with E-state index in [0.29, 0.717) is 0 Å². The Balaban J connectivity index is 1.88. The zero-order chi connectivity index (χ0) is 13.9. The largest absolute Gasteiger partial charge is 0.478 e. The molecule has 0 amide bonds. The molecule has 0 unspecified atom stereocenters. The quantitative estimate of drug-likeness (QED) is 0.788. The highest BCUT2D eigenvalue weighted by Gasteiger charge is 2.08. The number of fused-ring (bicyclic) bond motifs is 1. The average molecular weight is 267 g/mol. The second-order valence-corrected chi connectivity index (χ2v) is 4.55. The van der Waals surface area contributed by atoms with Gasteiger partial charge in [0.25, 0.3) is 0 Å². The number of carboxylic acid groups (broad SMARTS) is 1. The maximum Gasteiger partial charge on any atom is 0.335 e. The topological polar surface area (TPSA) is 68.0 Å². The fourth-order valence-corrected chi connectivity index (χ4v) is 2.17. The predicted molar refractivity (Wildman–Crippen MR) is 74.6 cm³/mol. The fourth-order valence-electron chi connectivity index (χ4n) is 2.17. The molecule has 0 aliphatic heterocycles. The number of nitrogens with zero attached hydrogens (tertiary/aromatic N) is 3. The van der Waals surface area contributed by atoms with Gasteiger partial charge in [-0.05, 0) is 42.3 Å². The smallest absolute Gasteiger partial charge is 0.335 e. The molecule has 0 radical (unpaired) electrons. The lowest BCUT2D eigenvalue weighted by Gasteiger charge is -2.05. The van der Waals surface area contributed by atoms with Crippen LogP contribution in [0.3, 0.4) is 0 Å². The average Bonchev–Trinajstić information content (AvgIpc) is 2.88. The third-order valence-corrected chi connectivity index (χ3v) is 3.26. The van der Waals surface area contributed by atoms with Gasteiger partial charge >= 0.3 is 5.97 Å². The number of aromatic carboxylic acids is 1. The monoisotopic (exact) mass is 267 g/mol. The van der Waals surface area contributed by atoms with Crippen LogP contribution in [-0.4, -0.2) is 25.6 Å². The van der Waals surface area contributed by atoms with Crippen molar-refractivity contribution in [3.8, 4) is 0 Å². The maximum absolute atomic E-state index is 11.0. The van der Waals surface area contributed by atoms with Crippen molar-refractivity contribution in [3.63, 3.8) is 0 Å². The Kier molecular flexibility index (Phi) is 3.16. The summed E-state index contributed by atoms with van der Waals surface area (Å²) in [5, 5.41) is 9.04. The zero-order valence-electron chi connectivity index (χ0n) is 10.7. The molecule has 20 heavy (non-hydrogen) atoms. The van der Waals surface area contributed by atoms with Crippen LogP contribution in [0.1, 0.15) is 15.9 Å². The number of benzene rings is 1. The first-order valence-corrected chi connectivity index (χ1v) is 6.31. The fraction of sp³-hybridized carbons (Fsp3) is 0.133. The second-order valence-electron chi connectivity index (χ2n) is 4.55. The minimum absolute atomic E-state index is 0.281. The summed E-state index contributed by atoms with van der Waals surface area (Å²) >= 11 is 0. The summed E-state index contributed by atoms with van der Waals surface area (Å²) in [7, 11) is 0. The van der Waals surface area contributed by atoms with Crippen LogP contribution in [0.2, 0.25) is 0 Å². The number of aromatic nitrogens is 3. The van der Waals surface area contributed by atoms with Crippen molar-refractivity contribution < 1.29 is 9.90 Å². The molecule has 100 valence electrons. The van der Waals surface area contributed by atoms with Crippen molar-refractivity contribution >= 4 is 17.0 Å². The molecular formula is C15H13N3O2. The van der Waals surface area contributed by atoms with Crippen LogP contribution in [0.15, 0.2) is 49.1 Å². The minimum atomic E-state index is -0.922. The van der Waals surface area contributed by atoms with Crippen LogP contribution in [0.4, 0.5) is 0 Å². The van der Waals surface area contributed by atoms with Gasteiger partial charge in [0.1, 0.15) is 0 Å². The third kappa shape index (κ3) is 2.38. The molecular weight excluding hydrogens is 254 g/mol. The van der Waals surface area contributed by atoms with Crippen LogP contribution in [0.5, 0.6) is 0 Å². The molecule has 5 heteroatoms. The van der Waals surface area contributed by atoms with E-state index in [0.717, 1.165) is 24.0 Å². The number of carbonyl (C=O) groups is 1. The Hall–Kier alpha value is -2.69. The summed E-state index contributed by atoms with van der Waals surface area (Å²) in [6, 6.07) is 8.92. The Morgan fingerprint density at radius 3 is 2.75 bits per heavy atom. The molecule has 3 rings (SSSR count). The highest BCUT2D eigenvalue weighted by Crippen LogP contribution is 2.16. The molecule has 0 aliphatic carbocycles. The van der Waals surface area contributed by atoms with E-state index in [9.17, 15) is 4.79 Å². The normalized spacial score (nSPS) is 10.8. The summed E-state index contributed by atoms with van der Waals surface area (Å²) in [6.07, 6.45) is 6.14. The van der Waals surface area contributed by atoms with E-state index in [4.69, 9.17) is 5.11 Å². The summed E-state index contributed by atoms with van der Waals surface area (Å²) in [5.41, 5.74) is 3.13. The first kappa shape index (κ1) is 12.3. The zero-order valence-corrected chi connectivity index (χ0v) is 10.7. The number of carboxylic acids is 1. The lowest BCUT2D eigenvalue weighted by molar-refractivity contribution is 0.0697. The lowest BCUT2D eigenvalue weighted by atomic mass is 10.2. The van der Waals surface area contributed by atoms with Crippen LogP contribution < -0.4 is 0 Å². The van der Waals surface area contributed by atoms with Gasteiger partial charge < -0.3 is 9.67 Å². The number of rotatable bonds is 4. The van der Waals surface area contributed by atoms with Gasteiger partial charge in [-0.25, -0.2) is 9.78 Å². The van der Waals surface area contributed by atoms with Gasteiger partial charge in [0.05, 0.1) is 22.9 Å². The molecule has 2 aromatic heterocycles. The maximum atomic E-state index is 11.0. The SMILES string of the molecule is O=C(O)c1ccc2ncn(CCc3ccncc3)c2c1. The van der Waals surface area contributed by atoms with Crippen molar-refractivity contribution in [3.05, 3.63) is 60.2 Å². The molecule has 0 spiro atoms. The van der Waals surface area contributed by atoms with Crippen molar-refractivity contribution in [1.29, 1.82) is 0 Å². The summed E-state index contributed by atoms with van der Waals surface area (Å²) in [5.74, 6) is -0.922. The molecule has 0 saturated heterocycles. The highest BCUT2D eigenvalue weighted by molar-refractivity contribution is 5.92. The molecule has 0 fully saturated rings. The molecule has 1 aromatic carbocycles. The van der Waals surface area contributed by atoms with Gasteiger partial charge in [-0.15, -0.1) is 0 Å². The van der Waals surface area contributed by atoms with Gasteiger partial charge in [0.2, 0.25) is 0 Å². The molecule has 5 nitrogen and oxygen atoms in total.